The molecule has 0 aliphatic carbocycles. The Balaban J connectivity index is 1.85. The number of likely N-dealkylation sites (tertiary alicyclic amines) is 1. The molecule has 1 atom stereocenters. The van der Waals surface area contributed by atoms with Crippen LogP contribution in [0.3, 0.4) is 0 Å². The first-order chi connectivity index (χ1) is 16.9. The Bertz CT molecular complexity index is 1250. The van der Waals surface area contributed by atoms with Crippen LogP contribution < -0.4 is 9.47 Å². The van der Waals surface area contributed by atoms with Crippen LogP contribution >= 0.6 is 0 Å². The highest BCUT2D eigenvalue weighted by Gasteiger charge is 2.46. The van der Waals surface area contributed by atoms with Crippen molar-refractivity contribution in [1.29, 1.82) is 0 Å². The van der Waals surface area contributed by atoms with Crippen molar-refractivity contribution in [2.75, 3.05) is 13.2 Å². The summed E-state index contributed by atoms with van der Waals surface area (Å²) in [6, 6.07) is 18.9. The third-order valence-electron chi connectivity index (χ3n) is 5.74. The highest BCUT2D eigenvalue weighted by atomic mass is 19.1. The van der Waals surface area contributed by atoms with Gasteiger partial charge >= 0.3 is 0 Å². The number of aliphatic hydroxyl groups is 1. The minimum atomic E-state index is -0.831. The average molecular weight is 476 g/mol. The normalized spacial score (nSPS) is 17.0. The summed E-state index contributed by atoms with van der Waals surface area (Å²) in [5, 5.41) is 11.4. The number of rotatable bonds is 8. The SMILES string of the molecule is CCOc1ccc(/C(O)=C2/C(=O)C(=O)N(Cc3ccc(F)cc3)C2c2ccccc2)c(OCC)c1. The monoisotopic (exact) mass is 475 g/mol. The van der Waals surface area contributed by atoms with E-state index in [9.17, 15) is 19.1 Å². The number of hydrogen-bond donors (Lipinski definition) is 1. The van der Waals surface area contributed by atoms with Crippen LogP contribution in [0, 0.1) is 5.82 Å². The fourth-order valence-corrected chi connectivity index (χ4v) is 4.19. The minimum Gasteiger partial charge on any atom is -0.507 e. The lowest BCUT2D eigenvalue weighted by Gasteiger charge is -2.25. The number of benzene rings is 3. The quantitative estimate of drug-likeness (QED) is 0.274. The maximum absolute atomic E-state index is 13.4. The van der Waals surface area contributed by atoms with Gasteiger partial charge < -0.3 is 19.5 Å². The summed E-state index contributed by atoms with van der Waals surface area (Å²) in [7, 11) is 0. The van der Waals surface area contributed by atoms with Crippen molar-refractivity contribution in [3.05, 3.63) is 101 Å². The third-order valence-corrected chi connectivity index (χ3v) is 5.74. The van der Waals surface area contributed by atoms with Gasteiger partial charge in [-0.05, 0) is 49.2 Å². The Kier molecular flexibility index (Phi) is 7.15. The summed E-state index contributed by atoms with van der Waals surface area (Å²) in [6.45, 7) is 4.53. The molecule has 180 valence electrons. The molecule has 1 N–H and O–H groups in total. The van der Waals surface area contributed by atoms with E-state index in [1.165, 1.54) is 17.0 Å². The van der Waals surface area contributed by atoms with Crippen LogP contribution in [0.25, 0.3) is 5.76 Å². The zero-order valence-electron chi connectivity index (χ0n) is 19.5. The van der Waals surface area contributed by atoms with Crippen molar-refractivity contribution in [3.63, 3.8) is 0 Å². The molecule has 35 heavy (non-hydrogen) atoms. The molecule has 6 nitrogen and oxygen atoms in total. The Hall–Kier alpha value is -4.13. The number of aliphatic hydroxyl groups excluding tert-OH is 1. The van der Waals surface area contributed by atoms with Gasteiger partial charge in [-0.3, -0.25) is 9.59 Å². The van der Waals surface area contributed by atoms with E-state index >= 15 is 0 Å². The van der Waals surface area contributed by atoms with E-state index < -0.39 is 23.5 Å². The van der Waals surface area contributed by atoms with E-state index in [1.54, 1.807) is 54.6 Å². The Morgan fingerprint density at radius 1 is 0.943 bits per heavy atom. The van der Waals surface area contributed by atoms with Crippen LogP contribution in [0.2, 0.25) is 0 Å². The van der Waals surface area contributed by atoms with Crippen molar-refractivity contribution in [1.82, 2.24) is 4.90 Å². The first kappa shape index (κ1) is 24.0. The molecule has 1 saturated heterocycles. The van der Waals surface area contributed by atoms with Gasteiger partial charge in [-0.15, -0.1) is 0 Å². The van der Waals surface area contributed by atoms with Crippen LogP contribution in [-0.2, 0) is 16.1 Å². The highest BCUT2D eigenvalue weighted by Crippen LogP contribution is 2.42. The number of nitrogens with zero attached hydrogens (tertiary/aromatic N) is 1. The number of halogens is 1. The number of amides is 1. The molecule has 1 amide bonds. The molecule has 3 aromatic carbocycles. The molecular formula is C28H26FNO5. The van der Waals surface area contributed by atoms with E-state index in [-0.39, 0.29) is 23.4 Å². The maximum Gasteiger partial charge on any atom is 0.295 e. The van der Waals surface area contributed by atoms with E-state index in [1.807, 2.05) is 19.9 Å². The fraction of sp³-hybridized carbons (Fsp3) is 0.214. The van der Waals surface area contributed by atoms with Crippen molar-refractivity contribution < 1.29 is 28.6 Å². The lowest BCUT2D eigenvalue weighted by Crippen LogP contribution is -2.29. The first-order valence-electron chi connectivity index (χ1n) is 11.4. The van der Waals surface area contributed by atoms with Gasteiger partial charge in [0, 0.05) is 12.6 Å². The molecule has 1 unspecified atom stereocenters. The van der Waals surface area contributed by atoms with Crippen molar-refractivity contribution in [2.24, 2.45) is 0 Å². The summed E-state index contributed by atoms with van der Waals surface area (Å²) in [5.74, 6) is -1.36. The van der Waals surface area contributed by atoms with E-state index in [0.29, 0.717) is 35.8 Å². The van der Waals surface area contributed by atoms with E-state index in [4.69, 9.17) is 9.47 Å². The molecule has 0 aromatic heterocycles. The first-order valence-corrected chi connectivity index (χ1v) is 11.4. The van der Waals surface area contributed by atoms with Crippen LogP contribution in [0.4, 0.5) is 4.39 Å². The Morgan fingerprint density at radius 3 is 2.29 bits per heavy atom. The second-order valence-electron chi connectivity index (χ2n) is 7.99. The summed E-state index contributed by atoms with van der Waals surface area (Å²) >= 11 is 0. The Labute approximate surface area is 203 Å². The predicted octanol–water partition coefficient (Wildman–Crippen LogP) is 5.25. The van der Waals surface area contributed by atoms with Gasteiger partial charge in [0.15, 0.2) is 0 Å². The largest absolute Gasteiger partial charge is 0.507 e. The lowest BCUT2D eigenvalue weighted by atomic mass is 9.95. The van der Waals surface area contributed by atoms with Crippen LogP contribution in [0.5, 0.6) is 11.5 Å². The molecular weight excluding hydrogens is 449 g/mol. The molecule has 4 rings (SSSR count). The van der Waals surface area contributed by atoms with E-state index in [0.717, 1.165) is 0 Å². The minimum absolute atomic E-state index is 0.0339. The van der Waals surface area contributed by atoms with Gasteiger partial charge in [-0.2, -0.15) is 0 Å². The van der Waals surface area contributed by atoms with Gasteiger partial charge in [0.25, 0.3) is 11.7 Å². The number of hydrogen-bond acceptors (Lipinski definition) is 5. The van der Waals surface area contributed by atoms with Crippen molar-refractivity contribution in [2.45, 2.75) is 26.4 Å². The molecule has 1 fully saturated rings. The smallest absolute Gasteiger partial charge is 0.295 e. The van der Waals surface area contributed by atoms with Crippen molar-refractivity contribution >= 4 is 17.4 Å². The summed E-state index contributed by atoms with van der Waals surface area (Å²) in [6.07, 6.45) is 0. The topological polar surface area (TPSA) is 76.1 Å². The molecule has 7 heteroatoms. The second kappa shape index (κ2) is 10.4. The van der Waals surface area contributed by atoms with Crippen LogP contribution in [0.15, 0.2) is 78.4 Å². The fourth-order valence-electron chi connectivity index (χ4n) is 4.19. The molecule has 0 radical (unpaired) electrons. The number of ether oxygens (including phenoxy) is 2. The molecule has 0 bridgehead atoms. The van der Waals surface area contributed by atoms with Crippen LogP contribution in [0.1, 0.15) is 36.6 Å². The van der Waals surface area contributed by atoms with Crippen LogP contribution in [-0.4, -0.2) is 34.9 Å². The highest BCUT2D eigenvalue weighted by molar-refractivity contribution is 6.46. The van der Waals surface area contributed by atoms with Gasteiger partial charge in [0.2, 0.25) is 0 Å². The van der Waals surface area contributed by atoms with Gasteiger partial charge in [-0.25, -0.2) is 4.39 Å². The lowest BCUT2D eigenvalue weighted by molar-refractivity contribution is -0.140. The Morgan fingerprint density at radius 2 is 1.63 bits per heavy atom. The molecule has 3 aromatic rings. The number of ketones is 1. The number of carbonyl (C=O) groups is 2. The van der Waals surface area contributed by atoms with Gasteiger partial charge in [0.05, 0.1) is 30.4 Å². The number of Topliss-reactive ketones (excluding diaryl/α,β-unsaturated/α-hetero) is 1. The standard InChI is InChI=1S/C28H26FNO5/c1-3-34-21-14-15-22(23(16-21)35-4-2)26(31)24-25(19-8-6-5-7-9-19)30(28(33)27(24)32)17-18-10-12-20(29)13-11-18/h5-16,25,31H,3-4,17H2,1-2H3/b26-24-. The zero-order valence-corrected chi connectivity index (χ0v) is 19.5. The maximum atomic E-state index is 13.4. The molecule has 0 saturated carbocycles. The molecule has 1 aliphatic rings. The summed E-state index contributed by atoms with van der Waals surface area (Å²) < 4.78 is 24.7. The van der Waals surface area contributed by atoms with E-state index in [2.05, 4.69) is 0 Å². The zero-order chi connectivity index (χ0) is 24.9. The second-order valence-corrected chi connectivity index (χ2v) is 7.99. The molecule has 1 heterocycles. The molecule has 1 aliphatic heterocycles. The average Bonchev–Trinajstić information content (AvgIpc) is 3.11. The predicted molar refractivity (Wildman–Crippen MR) is 129 cm³/mol. The number of carbonyl (C=O) groups excluding carboxylic acids is 2. The van der Waals surface area contributed by atoms with Gasteiger partial charge in [0.1, 0.15) is 23.1 Å². The molecule has 0 spiro atoms. The van der Waals surface area contributed by atoms with Crippen molar-refractivity contribution in [3.8, 4) is 11.5 Å². The summed E-state index contributed by atoms with van der Waals surface area (Å²) in [5.41, 5.74) is 1.58. The summed E-state index contributed by atoms with van der Waals surface area (Å²) in [4.78, 5) is 27.8. The van der Waals surface area contributed by atoms with Gasteiger partial charge in [-0.1, -0.05) is 42.5 Å². The third kappa shape index (κ3) is 4.89.